The van der Waals surface area contributed by atoms with Crippen LogP contribution in [0.15, 0.2) is 91.3 Å². The molecule has 0 fully saturated rings. The maximum absolute atomic E-state index is 13.5. The lowest BCUT2D eigenvalue weighted by Gasteiger charge is -2.37. The third kappa shape index (κ3) is 3.08. The van der Waals surface area contributed by atoms with E-state index in [1.807, 2.05) is 89.7 Å². The zero-order valence-corrected chi connectivity index (χ0v) is 16.4. The highest BCUT2D eigenvalue weighted by Gasteiger charge is 2.34. The van der Waals surface area contributed by atoms with Gasteiger partial charge in [0.15, 0.2) is 0 Å². The Morgan fingerprint density at radius 2 is 1.63 bits per heavy atom. The van der Waals surface area contributed by atoms with Crippen LogP contribution < -0.4 is 15.0 Å². The van der Waals surface area contributed by atoms with E-state index in [0.29, 0.717) is 5.56 Å². The molecule has 148 valence electrons. The van der Waals surface area contributed by atoms with Crippen molar-refractivity contribution in [2.45, 2.75) is 6.17 Å². The van der Waals surface area contributed by atoms with Crippen LogP contribution in [0.5, 0.6) is 5.75 Å². The van der Waals surface area contributed by atoms with E-state index in [0.717, 1.165) is 28.4 Å². The van der Waals surface area contributed by atoms with E-state index in [1.54, 1.807) is 18.2 Å². The van der Waals surface area contributed by atoms with Gasteiger partial charge in [-0.1, -0.05) is 30.3 Å². The molecule has 2 heterocycles. The van der Waals surface area contributed by atoms with E-state index < -0.39 is 6.17 Å². The maximum Gasteiger partial charge on any atom is 0.262 e. The summed E-state index contributed by atoms with van der Waals surface area (Å²) in [4.78, 5) is 15.2. The number of methoxy groups -OCH3 is 1. The third-order valence-electron chi connectivity index (χ3n) is 5.22. The molecule has 1 aromatic heterocycles. The average Bonchev–Trinajstić information content (AvgIpc) is 3.30. The van der Waals surface area contributed by atoms with E-state index >= 15 is 0 Å². The molecular weight excluding hydrogens is 376 g/mol. The van der Waals surface area contributed by atoms with Crippen LogP contribution in [0.3, 0.4) is 0 Å². The number of para-hydroxylation sites is 2. The Balaban J connectivity index is 1.59. The van der Waals surface area contributed by atoms with Crippen molar-refractivity contribution in [1.82, 2.24) is 9.78 Å². The molecule has 0 aliphatic carbocycles. The highest BCUT2D eigenvalue weighted by atomic mass is 16.5. The van der Waals surface area contributed by atoms with Crippen molar-refractivity contribution in [2.24, 2.45) is 0 Å². The Hall–Kier alpha value is -4.06. The maximum atomic E-state index is 13.5. The van der Waals surface area contributed by atoms with Gasteiger partial charge in [-0.15, -0.1) is 0 Å². The van der Waals surface area contributed by atoms with Crippen molar-refractivity contribution >= 4 is 17.3 Å². The number of carbonyl (C=O) groups is 1. The van der Waals surface area contributed by atoms with Crippen molar-refractivity contribution in [1.29, 1.82) is 0 Å². The molecule has 3 aromatic carbocycles. The number of hydrogen-bond acceptors (Lipinski definition) is 4. The number of hydrogen-bond donors (Lipinski definition) is 1. The first-order chi connectivity index (χ1) is 14.7. The molecule has 1 aliphatic heterocycles. The minimum atomic E-state index is -0.391. The first-order valence-corrected chi connectivity index (χ1v) is 9.68. The van der Waals surface area contributed by atoms with Gasteiger partial charge < -0.3 is 10.1 Å². The summed E-state index contributed by atoms with van der Waals surface area (Å²) < 4.78 is 7.08. The number of carbonyl (C=O) groups excluding carboxylic acids is 1. The van der Waals surface area contributed by atoms with Gasteiger partial charge in [-0.3, -0.25) is 9.69 Å². The number of rotatable bonds is 4. The van der Waals surface area contributed by atoms with Gasteiger partial charge in [0.2, 0.25) is 0 Å². The predicted octanol–water partition coefficient (Wildman–Crippen LogP) is 4.65. The van der Waals surface area contributed by atoms with Crippen LogP contribution in [0.1, 0.15) is 22.1 Å². The summed E-state index contributed by atoms with van der Waals surface area (Å²) in [6.07, 6.45) is 3.35. The quantitative estimate of drug-likeness (QED) is 0.545. The van der Waals surface area contributed by atoms with Gasteiger partial charge in [-0.2, -0.15) is 5.10 Å². The smallest absolute Gasteiger partial charge is 0.262 e. The first-order valence-electron chi connectivity index (χ1n) is 9.68. The Morgan fingerprint density at radius 3 is 2.40 bits per heavy atom. The highest BCUT2D eigenvalue weighted by molar-refractivity contribution is 6.12. The molecule has 4 aromatic rings. The second-order valence-electron chi connectivity index (χ2n) is 7.02. The van der Waals surface area contributed by atoms with E-state index in [4.69, 9.17) is 4.74 Å². The highest BCUT2D eigenvalue weighted by Crippen LogP contribution is 2.37. The zero-order valence-electron chi connectivity index (χ0n) is 16.4. The molecule has 0 saturated heterocycles. The normalized spacial score (nSPS) is 15.4. The van der Waals surface area contributed by atoms with Crippen molar-refractivity contribution in [3.63, 3.8) is 0 Å². The van der Waals surface area contributed by atoms with Crippen LogP contribution in [-0.2, 0) is 0 Å². The van der Waals surface area contributed by atoms with Gasteiger partial charge in [0.25, 0.3) is 5.91 Å². The van der Waals surface area contributed by atoms with Crippen LogP contribution >= 0.6 is 0 Å². The van der Waals surface area contributed by atoms with Crippen molar-refractivity contribution < 1.29 is 9.53 Å². The molecule has 6 nitrogen and oxygen atoms in total. The lowest BCUT2D eigenvalue weighted by atomic mass is 10.0. The third-order valence-corrected chi connectivity index (χ3v) is 5.22. The van der Waals surface area contributed by atoms with Gasteiger partial charge in [0, 0.05) is 23.1 Å². The summed E-state index contributed by atoms with van der Waals surface area (Å²) in [7, 11) is 1.62. The Labute approximate surface area is 174 Å². The summed E-state index contributed by atoms with van der Waals surface area (Å²) >= 11 is 0. The molecule has 0 bridgehead atoms. The molecule has 5 rings (SSSR count). The second-order valence-corrected chi connectivity index (χ2v) is 7.02. The number of benzene rings is 3. The molecule has 1 aliphatic rings. The number of aromatic nitrogens is 2. The van der Waals surface area contributed by atoms with Crippen molar-refractivity contribution in [2.75, 3.05) is 17.3 Å². The molecule has 6 heteroatoms. The lowest BCUT2D eigenvalue weighted by molar-refractivity contribution is 0.0975. The predicted molar refractivity (Wildman–Crippen MR) is 116 cm³/mol. The number of ether oxygens (including phenoxy) is 1. The van der Waals surface area contributed by atoms with E-state index in [-0.39, 0.29) is 5.91 Å². The molecule has 0 unspecified atom stereocenters. The molecule has 1 atom stereocenters. The fourth-order valence-electron chi connectivity index (χ4n) is 3.70. The Morgan fingerprint density at radius 1 is 0.900 bits per heavy atom. The number of nitrogens with one attached hydrogen (secondary N) is 1. The number of anilines is 2. The summed E-state index contributed by atoms with van der Waals surface area (Å²) in [5, 5.41) is 8.02. The summed E-state index contributed by atoms with van der Waals surface area (Å²) in [5.74, 6) is 0.678. The summed E-state index contributed by atoms with van der Waals surface area (Å²) in [6, 6.07) is 24.9. The monoisotopic (exact) mass is 396 g/mol. The molecule has 30 heavy (non-hydrogen) atoms. The number of nitrogens with zero attached hydrogens (tertiary/aromatic N) is 3. The fraction of sp³-hybridized carbons (Fsp3) is 0.0833. The summed E-state index contributed by atoms with van der Waals surface area (Å²) in [6.45, 7) is 0. The minimum absolute atomic E-state index is 0.0630. The SMILES string of the molecule is COc1ccc(N2C(=O)c3ccccc3N[C@H]2c2cnn(-c3ccccc3)c2)cc1. The zero-order chi connectivity index (χ0) is 20.5. The Kier molecular flexibility index (Phi) is 4.44. The molecular formula is C24H20N4O2. The largest absolute Gasteiger partial charge is 0.497 e. The van der Waals surface area contributed by atoms with Gasteiger partial charge in [-0.25, -0.2) is 4.68 Å². The van der Waals surface area contributed by atoms with Crippen LogP contribution in [0, 0.1) is 0 Å². The van der Waals surface area contributed by atoms with E-state index in [1.165, 1.54) is 0 Å². The minimum Gasteiger partial charge on any atom is -0.497 e. The van der Waals surface area contributed by atoms with Crippen LogP contribution in [0.25, 0.3) is 5.69 Å². The van der Waals surface area contributed by atoms with Gasteiger partial charge in [0.1, 0.15) is 11.9 Å². The van der Waals surface area contributed by atoms with Crippen molar-refractivity contribution in [3.05, 3.63) is 102 Å². The first kappa shape index (κ1) is 18.0. The van der Waals surface area contributed by atoms with Gasteiger partial charge in [0.05, 0.1) is 24.6 Å². The molecule has 0 radical (unpaired) electrons. The van der Waals surface area contributed by atoms with Gasteiger partial charge >= 0.3 is 0 Å². The van der Waals surface area contributed by atoms with E-state index in [9.17, 15) is 4.79 Å². The molecule has 0 saturated carbocycles. The van der Waals surface area contributed by atoms with E-state index in [2.05, 4.69) is 10.4 Å². The van der Waals surface area contributed by atoms with Crippen LogP contribution in [0.2, 0.25) is 0 Å². The molecule has 0 spiro atoms. The topological polar surface area (TPSA) is 59.4 Å². The molecule has 1 N–H and O–H groups in total. The standard InChI is InChI=1S/C24H20N4O2/c1-30-20-13-11-19(12-14-20)28-23(26-22-10-6-5-9-21(22)24(28)29)17-15-25-27(16-17)18-7-3-2-4-8-18/h2-16,23,26H,1H3/t23-/m1/s1. The summed E-state index contributed by atoms with van der Waals surface area (Å²) in [5.41, 5.74) is 4.07. The van der Waals surface area contributed by atoms with Crippen LogP contribution in [0.4, 0.5) is 11.4 Å². The second kappa shape index (κ2) is 7.40. The fourth-order valence-corrected chi connectivity index (χ4v) is 3.70. The van der Waals surface area contributed by atoms with Gasteiger partial charge in [-0.05, 0) is 48.5 Å². The van der Waals surface area contributed by atoms with Crippen LogP contribution in [-0.4, -0.2) is 22.8 Å². The number of amides is 1. The number of fused-ring (bicyclic) bond motifs is 1. The molecule has 1 amide bonds. The van der Waals surface area contributed by atoms with Crippen molar-refractivity contribution in [3.8, 4) is 11.4 Å². The average molecular weight is 396 g/mol. The Bertz CT molecular complexity index is 1190. The lowest BCUT2D eigenvalue weighted by Crippen LogP contribution is -2.43.